The molecule has 31 heavy (non-hydrogen) atoms. The van der Waals surface area contributed by atoms with Crippen molar-refractivity contribution >= 4 is 27.3 Å². The third-order valence-electron chi connectivity index (χ3n) is 5.52. The number of methoxy groups -OCH3 is 1. The minimum atomic E-state index is -3.67. The summed E-state index contributed by atoms with van der Waals surface area (Å²) in [5.74, 6) is -0.0191. The summed E-state index contributed by atoms with van der Waals surface area (Å²) in [6.45, 7) is 3.98. The van der Waals surface area contributed by atoms with Gasteiger partial charge < -0.3 is 10.1 Å². The fourth-order valence-corrected chi connectivity index (χ4v) is 5.17. The molecule has 10 heteroatoms. The van der Waals surface area contributed by atoms with E-state index in [1.165, 1.54) is 29.6 Å². The van der Waals surface area contributed by atoms with Crippen molar-refractivity contribution in [2.45, 2.75) is 31.6 Å². The van der Waals surface area contributed by atoms with E-state index in [4.69, 9.17) is 4.74 Å². The van der Waals surface area contributed by atoms with Crippen LogP contribution in [0.3, 0.4) is 0 Å². The third kappa shape index (κ3) is 4.86. The predicted molar refractivity (Wildman–Crippen MR) is 116 cm³/mol. The van der Waals surface area contributed by atoms with Crippen molar-refractivity contribution in [2.24, 2.45) is 5.92 Å². The Morgan fingerprint density at radius 1 is 1.13 bits per heavy atom. The Kier molecular flexibility index (Phi) is 6.61. The van der Waals surface area contributed by atoms with E-state index >= 15 is 0 Å². The highest BCUT2D eigenvalue weighted by molar-refractivity contribution is 7.89. The number of hydrogen-bond donors (Lipinski definition) is 1. The topological polar surface area (TPSA) is 119 Å². The molecule has 1 N–H and O–H groups in total. The van der Waals surface area contributed by atoms with Crippen LogP contribution in [0.25, 0.3) is 0 Å². The van der Waals surface area contributed by atoms with Gasteiger partial charge in [-0.2, -0.15) is 4.31 Å². The summed E-state index contributed by atoms with van der Waals surface area (Å²) in [5.41, 5.74) is 1.73. The number of nitro benzene ring substituents is 1. The van der Waals surface area contributed by atoms with Crippen LogP contribution in [0, 0.1) is 29.9 Å². The Morgan fingerprint density at radius 2 is 1.81 bits per heavy atom. The van der Waals surface area contributed by atoms with Gasteiger partial charge in [0.25, 0.3) is 5.69 Å². The summed E-state index contributed by atoms with van der Waals surface area (Å²) >= 11 is 0. The van der Waals surface area contributed by atoms with Crippen molar-refractivity contribution in [2.75, 3.05) is 25.5 Å². The Hall–Kier alpha value is -2.98. The molecule has 2 aromatic rings. The highest BCUT2D eigenvalue weighted by Gasteiger charge is 2.32. The second-order valence-corrected chi connectivity index (χ2v) is 9.49. The smallest absolute Gasteiger partial charge is 0.271 e. The van der Waals surface area contributed by atoms with Crippen molar-refractivity contribution in [1.29, 1.82) is 0 Å². The molecular weight excluding hydrogens is 422 g/mol. The van der Waals surface area contributed by atoms with E-state index in [1.807, 2.05) is 0 Å². The number of sulfonamides is 1. The Balaban J connectivity index is 1.66. The molecule has 2 aromatic carbocycles. The minimum absolute atomic E-state index is 0.100. The van der Waals surface area contributed by atoms with Crippen LogP contribution in [0.4, 0.5) is 11.4 Å². The molecule has 1 saturated heterocycles. The summed E-state index contributed by atoms with van der Waals surface area (Å²) in [5, 5.41) is 13.7. The molecule has 0 aliphatic carbocycles. The fraction of sp³-hybridized carbons (Fsp3) is 0.381. The van der Waals surface area contributed by atoms with Crippen LogP contribution in [0.1, 0.15) is 24.0 Å². The number of carbonyl (C=O) groups is 1. The first-order valence-electron chi connectivity index (χ1n) is 9.84. The van der Waals surface area contributed by atoms with Crippen LogP contribution in [0.2, 0.25) is 0 Å². The second kappa shape index (κ2) is 9.03. The highest BCUT2D eigenvalue weighted by atomic mass is 32.2. The number of anilines is 1. The minimum Gasteiger partial charge on any atom is -0.496 e. The number of nitrogens with zero attached hydrogens (tertiary/aromatic N) is 2. The van der Waals surface area contributed by atoms with Gasteiger partial charge in [0.1, 0.15) is 5.75 Å². The molecule has 9 nitrogen and oxygen atoms in total. The third-order valence-corrected chi connectivity index (χ3v) is 7.41. The summed E-state index contributed by atoms with van der Waals surface area (Å²) < 4.78 is 32.5. The van der Waals surface area contributed by atoms with Gasteiger partial charge >= 0.3 is 0 Å². The second-order valence-electron chi connectivity index (χ2n) is 7.56. The van der Waals surface area contributed by atoms with Gasteiger partial charge in [0.2, 0.25) is 15.9 Å². The van der Waals surface area contributed by atoms with Gasteiger partial charge in [-0.1, -0.05) is 6.07 Å². The van der Waals surface area contributed by atoms with Gasteiger partial charge in [-0.3, -0.25) is 14.9 Å². The lowest BCUT2D eigenvalue weighted by molar-refractivity contribution is -0.384. The number of aryl methyl sites for hydroxylation is 2. The number of hydrogen-bond acceptors (Lipinski definition) is 6. The van der Waals surface area contributed by atoms with Gasteiger partial charge in [0.15, 0.2) is 0 Å². The summed E-state index contributed by atoms with van der Waals surface area (Å²) in [4.78, 5) is 23.3. The Morgan fingerprint density at radius 3 is 2.39 bits per heavy atom. The van der Waals surface area contributed by atoms with E-state index in [0.717, 1.165) is 5.56 Å². The van der Waals surface area contributed by atoms with Crippen LogP contribution in [-0.2, 0) is 14.8 Å². The van der Waals surface area contributed by atoms with Crippen molar-refractivity contribution in [3.05, 3.63) is 57.6 Å². The monoisotopic (exact) mass is 447 g/mol. The van der Waals surface area contributed by atoms with Crippen LogP contribution in [0.5, 0.6) is 5.75 Å². The maximum Gasteiger partial charge on any atom is 0.271 e. The molecule has 0 unspecified atom stereocenters. The van der Waals surface area contributed by atoms with Crippen LogP contribution in [-0.4, -0.2) is 43.8 Å². The van der Waals surface area contributed by atoms with Crippen molar-refractivity contribution in [3.63, 3.8) is 0 Å². The molecule has 1 aliphatic rings. The van der Waals surface area contributed by atoms with E-state index in [2.05, 4.69) is 5.32 Å². The largest absolute Gasteiger partial charge is 0.496 e. The van der Waals surface area contributed by atoms with Crippen molar-refractivity contribution in [1.82, 2.24) is 4.31 Å². The van der Waals surface area contributed by atoms with Crippen molar-refractivity contribution < 1.29 is 22.9 Å². The van der Waals surface area contributed by atoms with E-state index < -0.39 is 14.9 Å². The van der Waals surface area contributed by atoms with Crippen LogP contribution < -0.4 is 10.1 Å². The molecular formula is C21H25N3O6S. The molecule has 1 aliphatic heterocycles. The first-order chi connectivity index (χ1) is 14.6. The lowest BCUT2D eigenvalue weighted by Crippen LogP contribution is -2.41. The normalized spacial score (nSPS) is 15.5. The summed E-state index contributed by atoms with van der Waals surface area (Å²) in [6, 6.07) is 9.03. The van der Waals surface area contributed by atoms with Gasteiger partial charge in [0, 0.05) is 31.1 Å². The summed E-state index contributed by atoms with van der Waals surface area (Å²) in [6.07, 6.45) is 0.738. The van der Waals surface area contributed by atoms with Gasteiger partial charge in [-0.15, -0.1) is 0 Å². The van der Waals surface area contributed by atoms with E-state index in [0.29, 0.717) is 29.8 Å². The number of rotatable bonds is 6. The molecule has 0 radical (unpaired) electrons. The molecule has 0 aromatic heterocycles. The number of carbonyl (C=O) groups excluding carboxylic acids is 1. The fourth-order valence-electron chi connectivity index (χ4n) is 3.61. The molecule has 3 rings (SSSR count). The van der Waals surface area contributed by atoms with Crippen LogP contribution >= 0.6 is 0 Å². The lowest BCUT2D eigenvalue weighted by atomic mass is 9.97. The Labute approximate surface area is 181 Å². The maximum absolute atomic E-state index is 13.0. The van der Waals surface area contributed by atoms with Crippen LogP contribution in [0.15, 0.2) is 41.3 Å². The standard InChI is InChI=1S/C21H25N3O6S/c1-14-4-5-17(24(26)27)13-19(14)22-21(25)16-8-10-23(11-9-16)31(28,29)18-6-7-20(30-3)15(2)12-18/h4-7,12-13,16H,8-11H2,1-3H3,(H,22,25). The zero-order valence-corrected chi connectivity index (χ0v) is 18.4. The molecule has 0 bridgehead atoms. The number of ether oxygens (including phenoxy) is 1. The number of nitro groups is 1. The molecule has 0 saturated carbocycles. The number of benzene rings is 2. The van der Waals surface area contributed by atoms with E-state index in [9.17, 15) is 23.3 Å². The van der Waals surface area contributed by atoms with Gasteiger partial charge in [0.05, 0.1) is 22.6 Å². The molecule has 0 spiro atoms. The van der Waals surface area contributed by atoms with E-state index in [1.54, 1.807) is 32.0 Å². The SMILES string of the molecule is COc1ccc(S(=O)(=O)N2CCC(C(=O)Nc3cc([N+](=O)[O-])ccc3C)CC2)cc1C. The molecule has 1 fully saturated rings. The number of nitrogens with one attached hydrogen (secondary N) is 1. The first-order valence-corrected chi connectivity index (χ1v) is 11.3. The van der Waals surface area contributed by atoms with Crippen molar-refractivity contribution in [3.8, 4) is 5.75 Å². The molecule has 0 atom stereocenters. The predicted octanol–water partition coefficient (Wildman–Crippen LogP) is 3.26. The zero-order chi connectivity index (χ0) is 22.8. The first kappa shape index (κ1) is 22.7. The number of piperidine rings is 1. The zero-order valence-electron chi connectivity index (χ0n) is 17.6. The average Bonchev–Trinajstić information content (AvgIpc) is 2.75. The number of amides is 1. The van der Waals surface area contributed by atoms with Gasteiger partial charge in [-0.05, 0) is 56.0 Å². The average molecular weight is 448 g/mol. The molecule has 1 heterocycles. The highest BCUT2D eigenvalue weighted by Crippen LogP contribution is 2.28. The quantitative estimate of drug-likeness (QED) is 0.536. The number of non-ortho nitro benzene ring substituents is 1. The lowest BCUT2D eigenvalue weighted by Gasteiger charge is -2.30. The Bertz CT molecular complexity index is 1110. The maximum atomic E-state index is 13.0. The van der Waals surface area contributed by atoms with E-state index in [-0.39, 0.29) is 35.5 Å². The summed E-state index contributed by atoms with van der Waals surface area (Å²) in [7, 11) is -2.14. The molecule has 166 valence electrons. The van der Waals surface area contributed by atoms with Gasteiger partial charge in [-0.25, -0.2) is 8.42 Å². The molecule has 1 amide bonds.